The zero-order valence-electron chi connectivity index (χ0n) is 43.8. The van der Waals surface area contributed by atoms with Crippen LogP contribution in [0.4, 0.5) is 22.7 Å². The molecule has 0 saturated carbocycles. The highest BCUT2D eigenvalue weighted by molar-refractivity contribution is 6.09. The van der Waals surface area contributed by atoms with Gasteiger partial charge in [0, 0.05) is 34.8 Å². The Balaban J connectivity index is 1.17. The Hall–Kier alpha value is -7.11. The molecule has 0 N–H and O–H groups in total. The molecule has 3 aliphatic rings. The summed E-state index contributed by atoms with van der Waals surface area (Å²) in [6.07, 6.45) is 1.86. The summed E-state index contributed by atoms with van der Waals surface area (Å²) >= 11 is 0. The van der Waals surface area contributed by atoms with Crippen molar-refractivity contribution in [2.45, 2.75) is 117 Å². The molecular formula is C66H66N4O. The Kier molecular flexibility index (Phi) is 9.65. The van der Waals surface area contributed by atoms with Gasteiger partial charge in [0.05, 0.1) is 33.5 Å². The Morgan fingerprint density at radius 3 is 1.72 bits per heavy atom. The molecule has 0 amide bonds. The minimum absolute atomic E-state index is 0.0650. The second kappa shape index (κ2) is 15.2. The minimum atomic E-state index is -0.662. The molecule has 9 aromatic rings. The number of benzene rings is 7. The van der Waals surface area contributed by atoms with Crippen LogP contribution in [0.3, 0.4) is 0 Å². The number of hydrogen-bond acceptors (Lipinski definition) is 4. The van der Waals surface area contributed by atoms with Gasteiger partial charge in [-0.2, -0.15) is 0 Å². The van der Waals surface area contributed by atoms with E-state index in [2.05, 4.69) is 238 Å². The van der Waals surface area contributed by atoms with Crippen molar-refractivity contribution in [2.24, 2.45) is 0 Å². The third-order valence-corrected chi connectivity index (χ3v) is 15.7. The standard InChI is InChI=1S/C66H66N4O/c1-40-24-26-43(27-25-40)68-39-69-57-38-45(71-44-28-30-47-46-19-14-15-21-54(46)70(56(47)37-44)58-23-16-17-32-67-58)29-31-50(57)66(51-20-18-22-55(68)61(51)69)59-48(33-41(62(2,3)4)35-52(59)64(8,9)10)49-34-42(63(5,6)7)36-53(60(49)66)65(11,12)13/h14-38H,39H2,1-13H3. The number of para-hydroxylation sites is 2. The van der Waals surface area contributed by atoms with Crippen molar-refractivity contribution >= 4 is 44.6 Å². The lowest BCUT2D eigenvalue weighted by atomic mass is 9.59. The van der Waals surface area contributed by atoms with Crippen LogP contribution in [0.2, 0.25) is 0 Å². The number of nitrogens with zero attached hydrogens (tertiary/aromatic N) is 4. The van der Waals surface area contributed by atoms with Crippen molar-refractivity contribution in [3.05, 3.63) is 202 Å². The molecule has 0 saturated heterocycles. The average Bonchev–Trinajstić information content (AvgIpc) is 3.97. The zero-order chi connectivity index (χ0) is 49.7. The fourth-order valence-electron chi connectivity index (χ4n) is 12.1. The summed E-state index contributed by atoms with van der Waals surface area (Å²) in [5.41, 5.74) is 20.8. The largest absolute Gasteiger partial charge is 0.457 e. The van der Waals surface area contributed by atoms with Crippen molar-refractivity contribution in [3.8, 4) is 28.4 Å². The predicted octanol–water partition coefficient (Wildman–Crippen LogP) is 17.4. The van der Waals surface area contributed by atoms with Gasteiger partial charge in [-0.15, -0.1) is 0 Å². The van der Waals surface area contributed by atoms with E-state index in [0.717, 1.165) is 33.7 Å². The fraction of sp³-hybridized carbons (Fsp3) is 0.288. The van der Waals surface area contributed by atoms with Crippen LogP contribution in [0, 0.1) is 6.92 Å². The molecule has 12 rings (SSSR count). The number of rotatable bonds is 4. The summed E-state index contributed by atoms with van der Waals surface area (Å²) in [5.74, 6) is 2.45. The van der Waals surface area contributed by atoms with E-state index >= 15 is 0 Å². The normalized spacial score (nSPS) is 14.8. The molecule has 71 heavy (non-hydrogen) atoms. The van der Waals surface area contributed by atoms with E-state index in [1.54, 1.807) is 0 Å². The van der Waals surface area contributed by atoms with Gasteiger partial charge in [-0.1, -0.05) is 168 Å². The molecule has 1 aliphatic carbocycles. The van der Waals surface area contributed by atoms with Crippen molar-refractivity contribution in [3.63, 3.8) is 0 Å². The molecule has 5 heteroatoms. The molecule has 4 heterocycles. The first kappa shape index (κ1) is 45.1. The summed E-state index contributed by atoms with van der Waals surface area (Å²) in [6.45, 7) is 31.6. The van der Waals surface area contributed by atoms with Crippen LogP contribution in [-0.4, -0.2) is 16.2 Å². The second-order valence-electron chi connectivity index (χ2n) is 24.6. The van der Waals surface area contributed by atoms with Gasteiger partial charge >= 0.3 is 0 Å². The molecule has 2 aliphatic heterocycles. The van der Waals surface area contributed by atoms with Crippen molar-refractivity contribution in [1.82, 2.24) is 9.55 Å². The molecule has 0 atom stereocenters. The first-order valence-corrected chi connectivity index (χ1v) is 25.6. The van der Waals surface area contributed by atoms with Crippen LogP contribution >= 0.6 is 0 Å². The van der Waals surface area contributed by atoms with Crippen LogP contribution in [0.15, 0.2) is 152 Å². The lowest BCUT2D eigenvalue weighted by molar-refractivity contribution is 0.482. The third-order valence-electron chi connectivity index (χ3n) is 15.7. The SMILES string of the molecule is Cc1ccc(N2CN3c4cc(Oc5ccc6c7ccccc7n(-c7ccccn7)c6c5)ccc4C4(c5cccc2c53)c2c(cc(C(C)(C)C)cc2C(C)(C)C)-c2cc(C(C)(C)C)cc(C(C)(C)C)c24)cc1. The highest BCUT2D eigenvalue weighted by atomic mass is 16.5. The Morgan fingerprint density at radius 1 is 0.493 bits per heavy atom. The first-order valence-electron chi connectivity index (χ1n) is 25.6. The Bertz CT molecular complexity index is 3560. The molecule has 7 aromatic carbocycles. The first-order chi connectivity index (χ1) is 33.6. The summed E-state index contributed by atoms with van der Waals surface area (Å²) < 4.78 is 9.39. The van der Waals surface area contributed by atoms with Gasteiger partial charge in [-0.25, -0.2) is 4.98 Å². The van der Waals surface area contributed by atoms with Gasteiger partial charge < -0.3 is 14.5 Å². The van der Waals surface area contributed by atoms with Gasteiger partial charge in [0.25, 0.3) is 0 Å². The molecule has 356 valence electrons. The number of pyridine rings is 1. The highest BCUT2D eigenvalue weighted by Crippen LogP contribution is 2.68. The maximum absolute atomic E-state index is 7.14. The topological polar surface area (TPSA) is 33.5 Å². The van der Waals surface area contributed by atoms with Crippen LogP contribution < -0.4 is 14.5 Å². The number of anilines is 4. The summed E-state index contributed by atoms with van der Waals surface area (Å²) in [7, 11) is 0. The van der Waals surface area contributed by atoms with Gasteiger partial charge in [-0.3, -0.25) is 4.57 Å². The van der Waals surface area contributed by atoms with E-state index in [-0.39, 0.29) is 21.7 Å². The summed E-state index contributed by atoms with van der Waals surface area (Å²) in [6, 6.07) is 54.6. The van der Waals surface area contributed by atoms with Gasteiger partial charge in [0.15, 0.2) is 0 Å². The van der Waals surface area contributed by atoms with E-state index in [9.17, 15) is 0 Å². The highest BCUT2D eigenvalue weighted by Gasteiger charge is 2.57. The van der Waals surface area contributed by atoms with Crippen LogP contribution in [0.5, 0.6) is 11.5 Å². The molecule has 1 spiro atoms. The average molecular weight is 931 g/mol. The quantitative estimate of drug-likeness (QED) is 0.176. The summed E-state index contributed by atoms with van der Waals surface area (Å²) in [4.78, 5) is 9.90. The lowest BCUT2D eigenvalue weighted by Crippen LogP contribution is -2.40. The fourth-order valence-corrected chi connectivity index (χ4v) is 12.1. The minimum Gasteiger partial charge on any atom is -0.457 e. The number of ether oxygens (including phenoxy) is 1. The van der Waals surface area contributed by atoms with Crippen molar-refractivity contribution < 1.29 is 4.74 Å². The maximum Gasteiger partial charge on any atom is 0.137 e. The number of fused-ring (bicyclic) bond motifs is 12. The molecule has 0 unspecified atom stereocenters. The molecule has 0 radical (unpaired) electrons. The van der Waals surface area contributed by atoms with E-state index in [4.69, 9.17) is 9.72 Å². The van der Waals surface area contributed by atoms with Crippen molar-refractivity contribution in [2.75, 3.05) is 16.5 Å². The van der Waals surface area contributed by atoms with Crippen LogP contribution in [0.25, 0.3) is 38.8 Å². The Morgan fingerprint density at radius 2 is 1.10 bits per heavy atom. The smallest absolute Gasteiger partial charge is 0.137 e. The molecule has 0 fully saturated rings. The second-order valence-corrected chi connectivity index (χ2v) is 24.6. The third kappa shape index (κ3) is 6.75. The van der Waals surface area contributed by atoms with Gasteiger partial charge in [0.1, 0.15) is 24.0 Å². The number of aromatic nitrogens is 2. The van der Waals surface area contributed by atoms with Gasteiger partial charge in [0.2, 0.25) is 0 Å². The molecule has 2 aromatic heterocycles. The molecular weight excluding hydrogens is 865 g/mol. The van der Waals surface area contributed by atoms with Gasteiger partial charge in [-0.05, 0) is 139 Å². The van der Waals surface area contributed by atoms with E-state index < -0.39 is 5.41 Å². The van der Waals surface area contributed by atoms with E-state index in [0.29, 0.717) is 6.67 Å². The number of hydrogen-bond donors (Lipinski definition) is 0. The molecule has 5 nitrogen and oxygen atoms in total. The van der Waals surface area contributed by atoms with Crippen LogP contribution in [-0.2, 0) is 27.1 Å². The Labute approximate surface area is 420 Å². The lowest BCUT2D eigenvalue weighted by Gasteiger charge is -2.46. The monoisotopic (exact) mass is 931 g/mol. The summed E-state index contributed by atoms with van der Waals surface area (Å²) in [5, 5.41) is 2.35. The predicted molar refractivity (Wildman–Crippen MR) is 298 cm³/mol. The zero-order valence-corrected chi connectivity index (χ0v) is 43.8. The van der Waals surface area contributed by atoms with Crippen LogP contribution in [0.1, 0.15) is 133 Å². The number of aryl methyl sites for hydroxylation is 1. The van der Waals surface area contributed by atoms with Crippen molar-refractivity contribution in [1.29, 1.82) is 0 Å². The maximum atomic E-state index is 7.14. The molecule has 0 bridgehead atoms. The van der Waals surface area contributed by atoms with E-state index in [1.165, 1.54) is 89.3 Å². The van der Waals surface area contributed by atoms with E-state index in [1.807, 2.05) is 18.3 Å².